The van der Waals surface area contributed by atoms with Crippen molar-refractivity contribution >= 4 is 33.6 Å². The number of pyridine rings is 1. The SMILES string of the molecule is C#Cc1c(F)ccc2cc(O)cc(-c3nc4c5c(nc(OC[C@@]67CCCN6[C@H](COC(=O)N(C)C(F)(F)F)CC7)nc5c3F)N3C[C@@H](CC)NC[C@H]3CO4)c12. The molecule has 0 radical (unpaired) electrons. The third-order valence-electron chi connectivity index (χ3n) is 11.4. The number of terminal acetylenes is 1. The lowest BCUT2D eigenvalue weighted by Gasteiger charge is -2.39. The highest BCUT2D eigenvalue weighted by Gasteiger charge is 2.51. The van der Waals surface area contributed by atoms with Gasteiger partial charge < -0.3 is 29.5 Å². The van der Waals surface area contributed by atoms with E-state index in [-0.39, 0.29) is 88.7 Å². The van der Waals surface area contributed by atoms with Crippen LogP contribution in [0.1, 0.15) is 44.6 Å². The van der Waals surface area contributed by atoms with E-state index in [2.05, 4.69) is 33.0 Å². The minimum atomic E-state index is -4.86. The van der Waals surface area contributed by atoms with Crippen molar-refractivity contribution in [3.8, 4) is 41.2 Å². The second-order valence-corrected chi connectivity index (χ2v) is 14.5. The number of aromatic nitrogens is 3. The second-order valence-electron chi connectivity index (χ2n) is 14.5. The zero-order valence-corrected chi connectivity index (χ0v) is 30.1. The lowest BCUT2D eigenvalue weighted by Crippen LogP contribution is -2.58. The Balaban J connectivity index is 1.19. The van der Waals surface area contributed by atoms with Crippen molar-refractivity contribution < 1.29 is 46.1 Å². The minimum absolute atomic E-state index is 0.0404. The second kappa shape index (κ2) is 13.8. The highest BCUT2D eigenvalue weighted by Crippen LogP contribution is 2.45. The molecular weight excluding hydrogens is 729 g/mol. The molecular formula is C38H38F5N7O5. The summed E-state index contributed by atoms with van der Waals surface area (Å²) in [7, 11) is 0.617. The summed E-state index contributed by atoms with van der Waals surface area (Å²) in [5.41, 5.74) is -1.06. The van der Waals surface area contributed by atoms with Crippen LogP contribution in [0, 0.1) is 24.0 Å². The predicted molar refractivity (Wildman–Crippen MR) is 191 cm³/mol. The molecule has 0 saturated carbocycles. The number of piperazine rings is 1. The smallest absolute Gasteiger partial charge is 0.489 e. The normalized spacial score (nSPS) is 23.5. The number of aromatic hydroxyl groups is 1. The van der Waals surface area contributed by atoms with Crippen LogP contribution in [-0.2, 0) is 4.74 Å². The lowest BCUT2D eigenvalue weighted by molar-refractivity contribution is -0.222. The maximum Gasteiger partial charge on any atom is 0.489 e. The van der Waals surface area contributed by atoms with Crippen LogP contribution in [0.3, 0.4) is 0 Å². The molecule has 2 aromatic carbocycles. The number of phenolic OH excluding ortho intramolecular Hbond substituents is 1. The van der Waals surface area contributed by atoms with Gasteiger partial charge in [-0.2, -0.15) is 9.97 Å². The van der Waals surface area contributed by atoms with Crippen molar-refractivity contribution in [2.75, 3.05) is 51.4 Å². The molecule has 4 atom stereocenters. The van der Waals surface area contributed by atoms with E-state index >= 15 is 8.78 Å². The topological polar surface area (TPSA) is 125 Å². The number of carbonyl (C=O) groups is 1. The highest BCUT2D eigenvalue weighted by atomic mass is 19.4. The Morgan fingerprint density at radius 2 is 2.02 bits per heavy atom. The maximum atomic E-state index is 17.2. The molecule has 12 nitrogen and oxygen atoms in total. The van der Waals surface area contributed by atoms with Crippen LogP contribution in [0.4, 0.5) is 32.6 Å². The number of carbonyl (C=O) groups excluding carboxylic acids is 1. The summed E-state index contributed by atoms with van der Waals surface area (Å²) in [5.74, 6) is 0.970. The molecule has 17 heteroatoms. The molecule has 2 aromatic heterocycles. The molecule has 8 rings (SSSR count). The molecule has 290 valence electrons. The third kappa shape index (κ3) is 6.34. The largest absolute Gasteiger partial charge is 0.508 e. The van der Waals surface area contributed by atoms with E-state index in [4.69, 9.17) is 25.6 Å². The van der Waals surface area contributed by atoms with Crippen molar-refractivity contribution in [3.63, 3.8) is 0 Å². The zero-order chi connectivity index (χ0) is 38.8. The number of alkyl halides is 3. The molecule has 0 bridgehead atoms. The molecule has 55 heavy (non-hydrogen) atoms. The van der Waals surface area contributed by atoms with Crippen molar-refractivity contribution in [3.05, 3.63) is 41.5 Å². The van der Waals surface area contributed by atoms with Crippen molar-refractivity contribution in [2.45, 2.75) is 69.0 Å². The van der Waals surface area contributed by atoms with Gasteiger partial charge in [0.15, 0.2) is 5.82 Å². The number of hydrogen-bond acceptors (Lipinski definition) is 11. The number of fused-ring (bicyclic) bond motifs is 4. The maximum absolute atomic E-state index is 17.2. The fourth-order valence-electron chi connectivity index (χ4n) is 8.49. The van der Waals surface area contributed by atoms with Gasteiger partial charge in [-0.15, -0.1) is 19.6 Å². The Labute approximate surface area is 312 Å². The summed E-state index contributed by atoms with van der Waals surface area (Å²) in [6.45, 7) is 3.79. The number of phenols is 1. The number of nitrogens with zero attached hydrogens (tertiary/aromatic N) is 6. The highest BCUT2D eigenvalue weighted by molar-refractivity contribution is 6.04. The molecule has 3 saturated heterocycles. The van der Waals surface area contributed by atoms with Gasteiger partial charge in [0.05, 0.1) is 17.1 Å². The van der Waals surface area contributed by atoms with Crippen molar-refractivity contribution in [1.82, 2.24) is 30.1 Å². The molecule has 6 heterocycles. The first-order valence-electron chi connectivity index (χ1n) is 18.1. The number of nitrogens with one attached hydrogen (secondary N) is 1. The lowest BCUT2D eigenvalue weighted by atomic mass is 9.95. The van der Waals surface area contributed by atoms with Crippen molar-refractivity contribution in [1.29, 1.82) is 0 Å². The number of hydrogen-bond donors (Lipinski definition) is 2. The fourth-order valence-corrected chi connectivity index (χ4v) is 8.49. The Morgan fingerprint density at radius 3 is 2.78 bits per heavy atom. The quantitative estimate of drug-likeness (QED) is 0.136. The van der Waals surface area contributed by atoms with Gasteiger partial charge in [0, 0.05) is 43.2 Å². The summed E-state index contributed by atoms with van der Waals surface area (Å²) in [6, 6.07) is 4.73. The average molecular weight is 768 g/mol. The molecule has 2 N–H and O–H groups in total. The molecule has 0 aliphatic carbocycles. The van der Waals surface area contributed by atoms with Gasteiger partial charge in [-0.1, -0.05) is 18.9 Å². The predicted octanol–water partition coefficient (Wildman–Crippen LogP) is 5.72. The third-order valence-corrected chi connectivity index (χ3v) is 11.4. The molecule has 4 aliphatic rings. The Bertz CT molecular complexity index is 2230. The van der Waals surface area contributed by atoms with Gasteiger partial charge in [0.25, 0.3) is 0 Å². The number of halogens is 5. The van der Waals surface area contributed by atoms with E-state index in [1.165, 1.54) is 24.3 Å². The van der Waals surface area contributed by atoms with Crippen LogP contribution >= 0.6 is 0 Å². The van der Waals surface area contributed by atoms with Gasteiger partial charge in [-0.25, -0.2) is 23.5 Å². The van der Waals surface area contributed by atoms with Gasteiger partial charge in [-0.3, -0.25) is 4.90 Å². The summed E-state index contributed by atoms with van der Waals surface area (Å²) in [6.07, 6.45) is 2.86. The minimum Gasteiger partial charge on any atom is -0.508 e. The van der Waals surface area contributed by atoms with Gasteiger partial charge in [-0.05, 0) is 62.2 Å². The fraction of sp³-hybridized carbons (Fsp3) is 0.474. The van der Waals surface area contributed by atoms with E-state index in [1.807, 2.05) is 4.90 Å². The first-order chi connectivity index (χ1) is 26.3. The summed E-state index contributed by atoms with van der Waals surface area (Å²) in [4.78, 5) is 29.9. The number of benzene rings is 2. The number of ether oxygens (including phenoxy) is 3. The number of amides is 1. The molecule has 3 fully saturated rings. The van der Waals surface area contributed by atoms with Crippen LogP contribution in [0.15, 0.2) is 24.3 Å². The Morgan fingerprint density at radius 1 is 1.20 bits per heavy atom. The van der Waals surface area contributed by atoms with E-state index in [0.717, 1.165) is 12.8 Å². The van der Waals surface area contributed by atoms with Gasteiger partial charge >= 0.3 is 18.4 Å². The summed E-state index contributed by atoms with van der Waals surface area (Å²) in [5, 5.41) is 15.0. The molecule has 1 amide bonds. The monoisotopic (exact) mass is 767 g/mol. The number of anilines is 1. The molecule has 0 spiro atoms. The Kier molecular flexibility index (Phi) is 9.24. The van der Waals surface area contributed by atoms with E-state index in [0.29, 0.717) is 57.1 Å². The summed E-state index contributed by atoms with van der Waals surface area (Å²) >= 11 is 0. The van der Waals surface area contributed by atoms with Gasteiger partial charge in [0.1, 0.15) is 53.8 Å². The first-order valence-corrected chi connectivity index (χ1v) is 18.1. The average Bonchev–Trinajstić information content (AvgIpc) is 3.69. The van der Waals surface area contributed by atoms with E-state index < -0.39 is 34.5 Å². The van der Waals surface area contributed by atoms with Crippen LogP contribution in [0.25, 0.3) is 32.9 Å². The molecule has 4 aromatic rings. The van der Waals surface area contributed by atoms with Crippen molar-refractivity contribution in [2.24, 2.45) is 0 Å². The first kappa shape index (κ1) is 36.8. The molecule has 4 aliphatic heterocycles. The Hall–Kier alpha value is -5.21. The zero-order valence-electron chi connectivity index (χ0n) is 30.1. The van der Waals surface area contributed by atoms with E-state index in [9.17, 15) is 23.1 Å². The number of rotatable bonds is 7. The standard InChI is InChI=1S/C38H38F5N7O5/c1-4-21-16-49-23(15-44-21)18-53-34-29-32(30(40)31(45-34)26-14-24(51)13-20-7-8-27(39)25(5-2)28(20)26)46-35(47-33(29)49)55-19-37-10-6-12-50(37)22(9-11-37)17-54-36(52)48(3)38(41,42)43/h2,7-8,13-14,21-23,44,51H,4,6,9-12,15-19H2,1,3H3/t21-,22+,23+,37+/m1/s1. The van der Waals surface area contributed by atoms with Crippen LogP contribution in [0.5, 0.6) is 17.6 Å². The van der Waals surface area contributed by atoms with Crippen LogP contribution in [-0.4, -0.2) is 112 Å². The summed E-state index contributed by atoms with van der Waals surface area (Å²) < 4.78 is 89.0. The van der Waals surface area contributed by atoms with Gasteiger partial charge in [0.2, 0.25) is 5.88 Å². The van der Waals surface area contributed by atoms with Crippen LogP contribution in [0.2, 0.25) is 0 Å². The van der Waals surface area contributed by atoms with E-state index in [1.54, 1.807) is 0 Å². The molecule has 0 unspecified atom stereocenters. The van der Waals surface area contributed by atoms with Crippen LogP contribution < -0.4 is 19.7 Å².